The molecule has 5 heteroatoms. The van der Waals surface area contributed by atoms with Crippen LogP contribution >= 0.6 is 11.6 Å². The fourth-order valence-electron chi connectivity index (χ4n) is 1.13. The molecule has 70 valence electrons. The van der Waals surface area contributed by atoms with Gasteiger partial charge in [-0.25, -0.2) is 4.79 Å². The van der Waals surface area contributed by atoms with Crippen LogP contribution in [0.3, 0.4) is 0 Å². The van der Waals surface area contributed by atoms with Crippen molar-refractivity contribution in [1.29, 1.82) is 0 Å². The first kappa shape index (κ1) is 8.56. The van der Waals surface area contributed by atoms with Crippen LogP contribution in [0.4, 0.5) is 0 Å². The van der Waals surface area contributed by atoms with Crippen molar-refractivity contribution in [2.75, 3.05) is 7.11 Å². The van der Waals surface area contributed by atoms with E-state index in [4.69, 9.17) is 11.6 Å². The first-order valence-electron chi connectivity index (χ1n) is 4.05. The maximum Gasteiger partial charge on any atom is 0.360 e. The summed E-state index contributed by atoms with van der Waals surface area (Å²) in [6.07, 6.45) is 3.89. The molecule has 1 aromatic heterocycles. The highest BCUT2D eigenvalue weighted by molar-refractivity contribution is 6.33. The van der Waals surface area contributed by atoms with Gasteiger partial charge < -0.3 is 4.74 Å². The minimum Gasteiger partial charge on any atom is -0.464 e. The number of aromatic nitrogens is 2. The van der Waals surface area contributed by atoms with Gasteiger partial charge in [0.1, 0.15) is 0 Å². The molecule has 0 amide bonds. The highest BCUT2D eigenvalue weighted by Gasteiger charge is 2.27. The highest BCUT2D eigenvalue weighted by Crippen LogP contribution is 2.35. The Morgan fingerprint density at radius 2 is 2.46 bits per heavy atom. The number of carbonyl (C=O) groups excluding carboxylic acids is 1. The number of rotatable bonds is 2. The number of ether oxygens (including phenoxy) is 1. The molecule has 13 heavy (non-hydrogen) atoms. The van der Waals surface area contributed by atoms with Crippen LogP contribution in [0.25, 0.3) is 0 Å². The summed E-state index contributed by atoms with van der Waals surface area (Å²) in [5.41, 5.74) is 0.205. The zero-order valence-corrected chi connectivity index (χ0v) is 7.91. The molecule has 0 aromatic carbocycles. The number of methoxy groups -OCH3 is 1. The number of nitrogens with zero attached hydrogens (tertiary/aromatic N) is 2. The molecule has 1 saturated carbocycles. The number of carbonyl (C=O) groups is 1. The van der Waals surface area contributed by atoms with E-state index < -0.39 is 5.97 Å². The summed E-state index contributed by atoms with van der Waals surface area (Å²) in [5.74, 6) is -0.482. The molecule has 1 aliphatic rings. The quantitative estimate of drug-likeness (QED) is 0.682. The topological polar surface area (TPSA) is 44.1 Å². The summed E-state index contributed by atoms with van der Waals surface area (Å²) >= 11 is 5.81. The first-order valence-corrected chi connectivity index (χ1v) is 4.43. The third-order valence-corrected chi connectivity index (χ3v) is 2.26. The van der Waals surface area contributed by atoms with Gasteiger partial charge >= 0.3 is 5.97 Å². The lowest BCUT2D eigenvalue weighted by molar-refractivity contribution is 0.0593. The molecular weight excluding hydrogens is 192 g/mol. The Morgan fingerprint density at radius 1 is 1.77 bits per heavy atom. The summed E-state index contributed by atoms with van der Waals surface area (Å²) in [6.45, 7) is 0. The van der Waals surface area contributed by atoms with E-state index in [-0.39, 0.29) is 5.69 Å². The fourth-order valence-corrected chi connectivity index (χ4v) is 1.35. The number of halogens is 1. The van der Waals surface area contributed by atoms with Gasteiger partial charge in [-0.05, 0) is 12.8 Å². The lowest BCUT2D eigenvalue weighted by Crippen LogP contribution is -2.04. The summed E-state index contributed by atoms with van der Waals surface area (Å²) in [7, 11) is 1.31. The van der Waals surface area contributed by atoms with Crippen molar-refractivity contribution in [2.24, 2.45) is 0 Å². The molecule has 1 heterocycles. The van der Waals surface area contributed by atoms with Gasteiger partial charge in [0.2, 0.25) is 0 Å². The molecule has 0 N–H and O–H groups in total. The standard InChI is InChI=1S/C8H9ClN2O2/c1-13-8(12)7-6(9)4-11(10-7)5-2-3-5/h4-5H,2-3H2,1H3. The van der Waals surface area contributed by atoms with Crippen LogP contribution in [0, 0.1) is 0 Å². The van der Waals surface area contributed by atoms with Gasteiger partial charge in [0, 0.05) is 6.20 Å². The van der Waals surface area contributed by atoms with E-state index >= 15 is 0 Å². The van der Waals surface area contributed by atoms with Gasteiger partial charge in [-0.1, -0.05) is 11.6 Å². The Labute approximate surface area is 80.4 Å². The molecule has 0 aliphatic heterocycles. The van der Waals surface area contributed by atoms with Crippen LogP contribution in [-0.2, 0) is 4.74 Å². The van der Waals surface area contributed by atoms with Crippen molar-refractivity contribution in [3.05, 3.63) is 16.9 Å². The van der Waals surface area contributed by atoms with E-state index in [1.807, 2.05) is 0 Å². The van der Waals surface area contributed by atoms with Crippen molar-refractivity contribution in [1.82, 2.24) is 9.78 Å². The fraction of sp³-hybridized carbons (Fsp3) is 0.500. The molecule has 0 atom stereocenters. The summed E-state index contributed by atoms with van der Waals surface area (Å²) in [6, 6.07) is 0.427. The smallest absolute Gasteiger partial charge is 0.360 e. The molecule has 4 nitrogen and oxygen atoms in total. The van der Waals surface area contributed by atoms with Gasteiger partial charge in [0.15, 0.2) is 5.69 Å². The van der Waals surface area contributed by atoms with Crippen molar-refractivity contribution in [3.63, 3.8) is 0 Å². The number of hydrogen-bond acceptors (Lipinski definition) is 3. The molecule has 0 spiro atoms. The van der Waals surface area contributed by atoms with Crippen LogP contribution in [-0.4, -0.2) is 22.9 Å². The largest absolute Gasteiger partial charge is 0.464 e. The van der Waals surface area contributed by atoms with Crippen molar-refractivity contribution < 1.29 is 9.53 Å². The molecule has 0 unspecified atom stereocenters. The first-order chi connectivity index (χ1) is 6.22. The Balaban J connectivity index is 2.29. The average molecular weight is 201 g/mol. The maximum atomic E-state index is 11.1. The van der Waals surface area contributed by atoms with E-state index in [1.54, 1.807) is 10.9 Å². The van der Waals surface area contributed by atoms with Crippen LogP contribution in [0.15, 0.2) is 6.20 Å². The van der Waals surface area contributed by atoms with Gasteiger partial charge in [-0.3, -0.25) is 4.68 Å². The zero-order valence-electron chi connectivity index (χ0n) is 7.16. The van der Waals surface area contributed by atoms with Crippen LogP contribution < -0.4 is 0 Å². The highest BCUT2D eigenvalue weighted by atomic mass is 35.5. The van der Waals surface area contributed by atoms with Crippen LogP contribution in [0.2, 0.25) is 5.02 Å². The maximum absolute atomic E-state index is 11.1. The lowest BCUT2D eigenvalue weighted by atomic mass is 10.4. The predicted octanol–water partition coefficient (Wildman–Crippen LogP) is 1.66. The molecule has 0 radical (unpaired) electrons. The van der Waals surface area contributed by atoms with Crippen LogP contribution in [0.1, 0.15) is 29.4 Å². The Kier molecular flexibility index (Phi) is 2.00. The minimum atomic E-state index is -0.482. The van der Waals surface area contributed by atoms with E-state index in [0.717, 1.165) is 12.8 Å². The third-order valence-electron chi connectivity index (χ3n) is 1.99. The Bertz CT molecular complexity index is 344. The number of hydrogen-bond donors (Lipinski definition) is 0. The molecule has 1 aliphatic carbocycles. The van der Waals surface area contributed by atoms with Crippen molar-refractivity contribution in [2.45, 2.75) is 18.9 Å². The van der Waals surface area contributed by atoms with Gasteiger partial charge in [-0.15, -0.1) is 0 Å². The predicted molar refractivity (Wildman–Crippen MR) is 46.8 cm³/mol. The van der Waals surface area contributed by atoms with Crippen LogP contribution in [0.5, 0.6) is 0 Å². The Hall–Kier alpha value is -1.03. The van der Waals surface area contributed by atoms with E-state index in [9.17, 15) is 4.79 Å². The average Bonchev–Trinajstić information content (AvgIpc) is 2.89. The van der Waals surface area contributed by atoms with E-state index in [2.05, 4.69) is 9.84 Å². The second kappa shape index (κ2) is 3.03. The van der Waals surface area contributed by atoms with Gasteiger partial charge in [0.25, 0.3) is 0 Å². The van der Waals surface area contributed by atoms with Crippen molar-refractivity contribution >= 4 is 17.6 Å². The third kappa shape index (κ3) is 1.54. The SMILES string of the molecule is COC(=O)c1nn(C2CC2)cc1Cl. The normalized spacial score (nSPS) is 15.8. The zero-order chi connectivity index (χ0) is 9.42. The summed E-state index contributed by atoms with van der Waals surface area (Å²) < 4.78 is 6.26. The molecule has 1 aromatic rings. The second-order valence-electron chi connectivity index (χ2n) is 3.03. The second-order valence-corrected chi connectivity index (χ2v) is 3.44. The molecule has 2 rings (SSSR count). The molecule has 0 saturated heterocycles. The summed E-state index contributed by atoms with van der Waals surface area (Å²) in [5, 5.41) is 4.41. The Morgan fingerprint density at radius 3 is 3.00 bits per heavy atom. The summed E-state index contributed by atoms with van der Waals surface area (Å²) in [4.78, 5) is 11.1. The van der Waals surface area contributed by atoms with E-state index in [0.29, 0.717) is 11.1 Å². The van der Waals surface area contributed by atoms with E-state index in [1.165, 1.54) is 7.11 Å². The molecule has 1 fully saturated rings. The number of esters is 1. The van der Waals surface area contributed by atoms with Gasteiger partial charge in [0.05, 0.1) is 18.2 Å². The monoisotopic (exact) mass is 200 g/mol. The van der Waals surface area contributed by atoms with Gasteiger partial charge in [-0.2, -0.15) is 5.10 Å². The molecule has 0 bridgehead atoms. The molecular formula is C8H9ClN2O2. The lowest BCUT2D eigenvalue weighted by Gasteiger charge is -1.94. The minimum absolute atomic E-state index is 0.205. The van der Waals surface area contributed by atoms with Crippen molar-refractivity contribution in [3.8, 4) is 0 Å².